The average Bonchev–Trinajstić information content (AvgIpc) is 2.73. The van der Waals surface area contributed by atoms with Gasteiger partial charge in [-0.3, -0.25) is 0 Å². The van der Waals surface area contributed by atoms with Gasteiger partial charge in [0.05, 0.1) is 5.69 Å². The molecule has 0 saturated heterocycles. The number of carbonyl (C=O) groups is 1. The van der Waals surface area contributed by atoms with E-state index in [4.69, 9.17) is 16.7 Å². The van der Waals surface area contributed by atoms with Crippen molar-refractivity contribution in [3.63, 3.8) is 0 Å². The van der Waals surface area contributed by atoms with Crippen molar-refractivity contribution in [1.82, 2.24) is 15.0 Å². The van der Waals surface area contributed by atoms with Crippen LogP contribution in [-0.2, 0) is 6.18 Å². The molecule has 0 atom stereocenters. The molecule has 0 bridgehead atoms. The third kappa shape index (κ3) is 2.53. The Labute approximate surface area is 109 Å². The largest absolute Gasteiger partial charge is 0.476 e. The highest BCUT2D eigenvalue weighted by Crippen LogP contribution is 2.33. The first-order chi connectivity index (χ1) is 8.80. The minimum atomic E-state index is -4.90. The number of rotatable bonds is 2. The van der Waals surface area contributed by atoms with Crippen molar-refractivity contribution in [1.29, 1.82) is 0 Å². The lowest BCUT2D eigenvalue weighted by atomic mass is 10.2. The van der Waals surface area contributed by atoms with Crippen LogP contribution in [0.5, 0.6) is 0 Å². The summed E-state index contributed by atoms with van der Waals surface area (Å²) in [6.45, 7) is 0. The molecule has 0 spiro atoms. The zero-order valence-corrected chi connectivity index (χ0v) is 9.77. The van der Waals surface area contributed by atoms with Crippen LogP contribution in [0.2, 0.25) is 5.02 Å². The van der Waals surface area contributed by atoms with Gasteiger partial charge in [0.25, 0.3) is 0 Å². The molecule has 0 fully saturated rings. The van der Waals surface area contributed by atoms with Crippen LogP contribution in [0.3, 0.4) is 0 Å². The average molecular weight is 292 g/mol. The van der Waals surface area contributed by atoms with E-state index in [1.165, 1.54) is 24.3 Å². The Hall–Kier alpha value is -2.09. The van der Waals surface area contributed by atoms with Crippen LogP contribution in [0.4, 0.5) is 13.2 Å². The molecule has 0 amide bonds. The topological polar surface area (TPSA) is 68.0 Å². The number of hydrogen-bond donors (Lipinski definition) is 1. The molecule has 2 aromatic rings. The summed E-state index contributed by atoms with van der Waals surface area (Å²) in [5.74, 6) is -1.80. The monoisotopic (exact) mass is 291 g/mol. The first-order valence-corrected chi connectivity index (χ1v) is 5.20. The number of alkyl halides is 3. The number of aromatic carboxylic acids is 1. The van der Waals surface area contributed by atoms with Gasteiger partial charge in [-0.05, 0) is 18.2 Å². The Morgan fingerprint density at radius 3 is 2.58 bits per heavy atom. The lowest BCUT2D eigenvalue weighted by Gasteiger charge is -2.10. The zero-order chi connectivity index (χ0) is 14.2. The molecule has 19 heavy (non-hydrogen) atoms. The molecule has 2 rings (SSSR count). The van der Waals surface area contributed by atoms with Crippen LogP contribution in [0, 0.1) is 0 Å². The van der Waals surface area contributed by atoms with Crippen LogP contribution in [0.15, 0.2) is 24.3 Å². The van der Waals surface area contributed by atoms with E-state index in [1.54, 1.807) is 0 Å². The molecule has 1 aromatic heterocycles. The molecule has 100 valence electrons. The predicted molar refractivity (Wildman–Crippen MR) is 58.3 cm³/mol. The van der Waals surface area contributed by atoms with Crippen LogP contribution >= 0.6 is 11.6 Å². The van der Waals surface area contributed by atoms with Gasteiger partial charge in [-0.1, -0.05) is 22.9 Å². The molecule has 5 nitrogen and oxygen atoms in total. The summed E-state index contributed by atoms with van der Waals surface area (Å²) in [6.07, 6.45) is -4.90. The first-order valence-electron chi connectivity index (χ1n) is 4.83. The lowest BCUT2D eigenvalue weighted by molar-refractivity contribution is -0.143. The summed E-state index contributed by atoms with van der Waals surface area (Å²) in [5, 5.41) is 15.2. The number of halogens is 4. The van der Waals surface area contributed by atoms with Crippen molar-refractivity contribution in [2.24, 2.45) is 0 Å². The lowest BCUT2D eigenvalue weighted by Crippen LogP contribution is -2.17. The SMILES string of the molecule is O=C(O)c1nnn(-c2cccc(Cl)c2)c1C(F)(F)F. The summed E-state index contributed by atoms with van der Waals surface area (Å²) < 4.78 is 39.1. The maximum Gasteiger partial charge on any atom is 0.436 e. The second kappa shape index (κ2) is 4.54. The van der Waals surface area contributed by atoms with Crippen molar-refractivity contribution in [3.05, 3.63) is 40.7 Å². The smallest absolute Gasteiger partial charge is 0.436 e. The molecule has 0 radical (unpaired) electrons. The summed E-state index contributed by atoms with van der Waals surface area (Å²) in [6, 6.07) is 5.41. The maximum atomic E-state index is 12.9. The molecule has 0 aliphatic carbocycles. The van der Waals surface area contributed by atoms with Crippen molar-refractivity contribution in [2.45, 2.75) is 6.18 Å². The number of aromatic nitrogens is 3. The van der Waals surface area contributed by atoms with E-state index in [2.05, 4.69) is 10.3 Å². The van der Waals surface area contributed by atoms with Crippen molar-refractivity contribution in [3.8, 4) is 5.69 Å². The highest BCUT2D eigenvalue weighted by atomic mass is 35.5. The fourth-order valence-electron chi connectivity index (χ4n) is 1.47. The molecule has 0 aliphatic rings. The molecule has 0 unspecified atom stereocenters. The van der Waals surface area contributed by atoms with Crippen LogP contribution in [-0.4, -0.2) is 26.1 Å². The Morgan fingerprint density at radius 1 is 1.37 bits per heavy atom. The second-order valence-corrected chi connectivity index (χ2v) is 3.92. The van der Waals surface area contributed by atoms with Crippen molar-refractivity contribution < 1.29 is 23.1 Å². The second-order valence-electron chi connectivity index (χ2n) is 3.48. The Kier molecular flexibility index (Phi) is 3.19. The number of carboxylic acids is 1. The van der Waals surface area contributed by atoms with E-state index >= 15 is 0 Å². The standard InChI is InChI=1S/C10H5ClF3N3O2/c11-5-2-1-3-6(4-5)17-8(10(12,13)14)7(9(18)19)15-16-17/h1-4H,(H,18,19). The molecular weight excluding hydrogens is 287 g/mol. The Bertz CT molecular complexity index is 639. The highest BCUT2D eigenvalue weighted by Gasteiger charge is 2.42. The Morgan fingerprint density at radius 2 is 2.05 bits per heavy atom. The normalized spacial score (nSPS) is 11.6. The quantitative estimate of drug-likeness (QED) is 0.923. The zero-order valence-electron chi connectivity index (χ0n) is 9.02. The maximum absolute atomic E-state index is 12.9. The van der Waals surface area contributed by atoms with Gasteiger partial charge in [0.2, 0.25) is 5.69 Å². The van der Waals surface area contributed by atoms with Gasteiger partial charge in [-0.2, -0.15) is 13.2 Å². The van der Waals surface area contributed by atoms with E-state index < -0.39 is 23.5 Å². The molecule has 1 heterocycles. The molecular formula is C10H5ClF3N3O2. The van der Waals surface area contributed by atoms with Gasteiger partial charge < -0.3 is 5.11 Å². The summed E-state index contributed by atoms with van der Waals surface area (Å²) in [5.41, 5.74) is -2.64. The van der Waals surface area contributed by atoms with Crippen molar-refractivity contribution >= 4 is 17.6 Å². The molecule has 0 saturated carbocycles. The Balaban J connectivity index is 2.68. The van der Waals surface area contributed by atoms with E-state index in [9.17, 15) is 18.0 Å². The van der Waals surface area contributed by atoms with Gasteiger partial charge in [0, 0.05) is 5.02 Å². The van der Waals surface area contributed by atoms with Crippen LogP contribution in [0.25, 0.3) is 5.69 Å². The van der Waals surface area contributed by atoms with Gasteiger partial charge in [-0.25, -0.2) is 9.48 Å². The summed E-state index contributed by atoms with van der Waals surface area (Å²) in [4.78, 5) is 10.7. The third-order valence-corrected chi connectivity index (χ3v) is 2.43. The number of carboxylic acid groups (broad SMARTS) is 1. The minimum absolute atomic E-state index is 0.0279. The molecule has 1 aromatic carbocycles. The highest BCUT2D eigenvalue weighted by molar-refractivity contribution is 6.30. The molecule has 9 heteroatoms. The van der Waals surface area contributed by atoms with Crippen LogP contribution in [0.1, 0.15) is 16.2 Å². The van der Waals surface area contributed by atoms with E-state index in [1.807, 2.05) is 0 Å². The minimum Gasteiger partial charge on any atom is -0.476 e. The van der Waals surface area contributed by atoms with Crippen molar-refractivity contribution in [2.75, 3.05) is 0 Å². The van der Waals surface area contributed by atoms with Gasteiger partial charge in [0.15, 0.2) is 5.69 Å². The number of benzene rings is 1. The predicted octanol–water partition coefficient (Wildman–Crippen LogP) is 2.64. The first kappa shape index (κ1) is 13.3. The molecule has 0 aliphatic heterocycles. The van der Waals surface area contributed by atoms with Gasteiger partial charge in [-0.15, -0.1) is 5.10 Å². The van der Waals surface area contributed by atoms with Gasteiger partial charge in [0.1, 0.15) is 0 Å². The summed E-state index contributed by atoms with van der Waals surface area (Å²) in [7, 11) is 0. The number of hydrogen-bond acceptors (Lipinski definition) is 3. The van der Waals surface area contributed by atoms with E-state index in [-0.39, 0.29) is 10.7 Å². The fraction of sp³-hybridized carbons (Fsp3) is 0.100. The third-order valence-electron chi connectivity index (χ3n) is 2.19. The number of nitrogens with zero attached hydrogens (tertiary/aromatic N) is 3. The molecule has 1 N–H and O–H groups in total. The summed E-state index contributed by atoms with van der Waals surface area (Å²) >= 11 is 5.67. The van der Waals surface area contributed by atoms with E-state index in [0.29, 0.717) is 4.68 Å². The van der Waals surface area contributed by atoms with Gasteiger partial charge >= 0.3 is 12.1 Å². The van der Waals surface area contributed by atoms with Crippen LogP contribution < -0.4 is 0 Å². The van der Waals surface area contributed by atoms with E-state index in [0.717, 1.165) is 0 Å². The fourth-order valence-corrected chi connectivity index (χ4v) is 1.65.